The lowest BCUT2D eigenvalue weighted by Gasteiger charge is -2.34. The molecule has 0 spiro atoms. The van der Waals surface area contributed by atoms with Crippen LogP contribution in [-0.4, -0.2) is 68.7 Å². The van der Waals surface area contributed by atoms with Gasteiger partial charge in [0.05, 0.1) is 24.0 Å². The lowest BCUT2D eigenvalue weighted by molar-refractivity contribution is -0.312. The van der Waals surface area contributed by atoms with Crippen LogP contribution in [0.25, 0.3) is 5.65 Å². The Bertz CT molecular complexity index is 1330. The van der Waals surface area contributed by atoms with Crippen LogP contribution in [0.15, 0.2) is 79.0 Å². The second-order valence-corrected chi connectivity index (χ2v) is 10.7. The highest BCUT2D eigenvalue weighted by molar-refractivity contribution is 5.77. The predicted octanol–water partition coefficient (Wildman–Crippen LogP) is 2.18. The summed E-state index contributed by atoms with van der Waals surface area (Å²) in [6.07, 6.45) is 4.89. The molecule has 10 heteroatoms. The molecular formula is C31H40N5O5-. The number of piperidine rings is 1. The zero-order valence-corrected chi connectivity index (χ0v) is 23.6. The van der Waals surface area contributed by atoms with E-state index in [1.54, 1.807) is 24.6 Å². The van der Waals surface area contributed by atoms with Gasteiger partial charge in [-0.3, -0.25) is 0 Å². The fourth-order valence-electron chi connectivity index (χ4n) is 4.97. The molecule has 3 heterocycles. The highest BCUT2D eigenvalue weighted by Crippen LogP contribution is 2.30. The van der Waals surface area contributed by atoms with E-state index in [0.29, 0.717) is 11.3 Å². The largest absolute Gasteiger partial charge is 0.549 e. The fraction of sp³-hybridized carbons (Fsp3) is 0.387. The van der Waals surface area contributed by atoms with Gasteiger partial charge in [-0.25, -0.2) is 9.50 Å². The lowest BCUT2D eigenvalue weighted by atomic mass is 9.90. The van der Waals surface area contributed by atoms with E-state index in [1.165, 1.54) is 11.1 Å². The number of imidazole rings is 1. The van der Waals surface area contributed by atoms with Crippen LogP contribution in [-0.2, 0) is 14.9 Å². The van der Waals surface area contributed by atoms with Crippen molar-refractivity contribution in [2.45, 2.75) is 50.7 Å². The number of likely N-dealkylation sites (tertiary alicyclic amines) is 1. The number of anilines is 1. The van der Waals surface area contributed by atoms with E-state index >= 15 is 0 Å². The van der Waals surface area contributed by atoms with Crippen molar-refractivity contribution in [3.63, 3.8) is 0 Å². The second kappa shape index (κ2) is 14.2. The van der Waals surface area contributed by atoms with Gasteiger partial charge in [-0.2, -0.15) is 0 Å². The Hall–Kier alpha value is -3.83. The van der Waals surface area contributed by atoms with Crippen molar-refractivity contribution in [2.24, 2.45) is 0 Å². The van der Waals surface area contributed by atoms with Gasteiger partial charge in [-0.1, -0.05) is 60.7 Å². The molecule has 0 unspecified atom stereocenters. The van der Waals surface area contributed by atoms with E-state index in [4.69, 9.17) is 4.74 Å². The quantitative estimate of drug-likeness (QED) is 0.274. The van der Waals surface area contributed by atoms with Gasteiger partial charge < -0.3 is 35.8 Å². The standard InChI is InChI=1S/C31H37N5O3.2H2O/c1-31(2,30(37)38)26-22-36-28(33-26)15-14-27(34-36)32-18-9-19-35-20-16-25(17-21-35)39-29(23-10-5-3-6-11-23)24-12-7-4-8-13-24;;/h3-8,10-15,22,25,29H,9,16-21H2,1-2H3,(H,32,34)(H,37,38);2*1H2/p-1. The van der Waals surface area contributed by atoms with Gasteiger partial charge in [0.2, 0.25) is 0 Å². The molecule has 1 aliphatic heterocycles. The maximum absolute atomic E-state index is 11.4. The summed E-state index contributed by atoms with van der Waals surface area (Å²) in [5, 5.41) is 19.4. The summed E-state index contributed by atoms with van der Waals surface area (Å²) in [5.74, 6) is -0.426. The molecule has 220 valence electrons. The molecule has 0 radical (unpaired) electrons. The van der Waals surface area contributed by atoms with E-state index in [-0.39, 0.29) is 23.2 Å². The van der Waals surface area contributed by atoms with Gasteiger partial charge in [0.1, 0.15) is 11.9 Å². The van der Waals surface area contributed by atoms with E-state index in [2.05, 4.69) is 68.8 Å². The predicted molar refractivity (Wildman–Crippen MR) is 157 cm³/mol. The second-order valence-electron chi connectivity index (χ2n) is 10.7. The molecule has 5 N–H and O–H groups in total. The number of carbonyl (C=O) groups excluding carboxylic acids is 1. The van der Waals surface area contributed by atoms with E-state index in [1.807, 2.05) is 24.3 Å². The first kappa shape index (κ1) is 31.7. The summed E-state index contributed by atoms with van der Waals surface area (Å²) in [7, 11) is 0. The molecule has 2 aromatic carbocycles. The van der Waals surface area contributed by atoms with Crippen LogP contribution in [0.5, 0.6) is 0 Å². The first-order valence-electron chi connectivity index (χ1n) is 13.7. The summed E-state index contributed by atoms with van der Waals surface area (Å²) in [4.78, 5) is 18.3. The summed E-state index contributed by atoms with van der Waals surface area (Å²) in [5.41, 5.74) is 2.25. The van der Waals surface area contributed by atoms with Gasteiger partial charge in [-0.15, -0.1) is 5.10 Å². The van der Waals surface area contributed by atoms with Crippen LogP contribution in [0, 0.1) is 0 Å². The summed E-state index contributed by atoms with van der Waals surface area (Å²) in [6, 6.07) is 24.7. The minimum Gasteiger partial charge on any atom is -0.549 e. The Morgan fingerprint density at radius 3 is 2.20 bits per heavy atom. The van der Waals surface area contributed by atoms with E-state index in [9.17, 15) is 9.90 Å². The Balaban J connectivity index is 0.00000231. The van der Waals surface area contributed by atoms with Gasteiger partial charge in [0, 0.05) is 25.0 Å². The first-order valence-corrected chi connectivity index (χ1v) is 13.7. The maximum Gasteiger partial charge on any atom is 0.153 e. The van der Waals surface area contributed by atoms with Crippen LogP contribution in [0.1, 0.15) is 56.0 Å². The van der Waals surface area contributed by atoms with Gasteiger partial charge in [0.15, 0.2) is 5.65 Å². The highest BCUT2D eigenvalue weighted by Gasteiger charge is 2.26. The van der Waals surface area contributed by atoms with E-state index in [0.717, 1.165) is 51.3 Å². The Morgan fingerprint density at radius 1 is 1.00 bits per heavy atom. The number of carbonyl (C=O) groups is 1. The normalized spacial score (nSPS) is 14.4. The molecule has 0 amide bonds. The molecule has 1 saturated heterocycles. The summed E-state index contributed by atoms with van der Waals surface area (Å²) in [6.45, 7) is 7.03. The zero-order chi connectivity index (χ0) is 27.2. The van der Waals surface area contributed by atoms with Crippen LogP contribution in [0.3, 0.4) is 0 Å². The number of rotatable bonds is 11. The SMILES string of the molecule is CC(C)(C(=O)[O-])c1cn2nc(NCCCN3CCC(OC(c4ccccc4)c4ccccc4)CC3)ccc2n1.O.O. The number of carboxylic acids is 1. The minimum atomic E-state index is -1.18. The molecule has 1 aliphatic rings. The zero-order valence-electron chi connectivity index (χ0n) is 23.6. The Labute approximate surface area is 240 Å². The van der Waals surface area contributed by atoms with Crippen LogP contribution in [0.2, 0.25) is 0 Å². The molecule has 0 atom stereocenters. The number of benzene rings is 2. The third kappa shape index (κ3) is 7.68. The molecule has 10 nitrogen and oxygen atoms in total. The number of hydrogen-bond donors (Lipinski definition) is 1. The average molecular weight is 563 g/mol. The number of nitrogens with zero attached hydrogens (tertiary/aromatic N) is 4. The number of nitrogens with one attached hydrogen (secondary N) is 1. The molecular weight excluding hydrogens is 522 g/mol. The number of ether oxygens (including phenoxy) is 1. The minimum absolute atomic E-state index is 0. The third-order valence-electron chi connectivity index (χ3n) is 7.50. The maximum atomic E-state index is 11.4. The summed E-state index contributed by atoms with van der Waals surface area (Å²) < 4.78 is 8.29. The smallest absolute Gasteiger partial charge is 0.153 e. The fourth-order valence-corrected chi connectivity index (χ4v) is 4.97. The van der Waals surface area contributed by atoms with Crippen LogP contribution >= 0.6 is 0 Å². The number of hydrogen-bond acceptors (Lipinski definition) is 7. The van der Waals surface area contributed by atoms with Crippen molar-refractivity contribution >= 4 is 17.4 Å². The molecule has 41 heavy (non-hydrogen) atoms. The lowest BCUT2D eigenvalue weighted by Crippen LogP contribution is -2.41. The van der Waals surface area contributed by atoms with Gasteiger partial charge in [-0.05, 0) is 62.9 Å². The molecule has 1 fully saturated rings. The molecule has 2 aromatic heterocycles. The molecule has 0 bridgehead atoms. The Morgan fingerprint density at radius 2 is 1.61 bits per heavy atom. The monoisotopic (exact) mass is 562 g/mol. The van der Waals surface area contributed by atoms with Crippen molar-refractivity contribution < 1.29 is 25.6 Å². The van der Waals surface area contributed by atoms with Gasteiger partial charge >= 0.3 is 0 Å². The van der Waals surface area contributed by atoms with E-state index < -0.39 is 11.4 Å². The van der Waals surface area contributed by atoms with Crippen LogP contribution < -0.4 is 10.4 Å². The molecule has 4 aromatic rings. The van der Waals surface area contributed by atoms with Crippen molar-refractivity contribution in [3.05, 3.63) is 95.8 Å². The molecule has 0 saturated carbocycles. The molecule has 0 aliphatic carbocycles. The molecule has 5 rings (SSSR count). The van der Waals surface area contributed by atoms with Crippen LogP contribution in [0.4, 0.5) is 5.82 Å². The first-order chi connectivity index (χ1) is 18.9. The number of fused-ring (bicyclic) bond motifs is 1. The Kier molecular flexibility index (Phi) is 11.0. The van der Waals surface area contributed by atoms with Gasteiger partial charge in [0.25, 0.3) is 0 Å². The highest BCUT2D eigenvalue weighted by atomic mass is 16.5. The topological polar surface area (TPSA) is 158 Å². The number of aromatic nitrogens is 3. The number of aliphatic carboxylic acids is 1. The van der Waals surface area contributed by atoms with Crippen molar-refractivity contribution in [3.8, 4) is 0 Å². The third-order valence-corrected chi connectivity index (χ3v) is 7.50. The van der Waals surface area contributed by atoms with Crippen molar-refractivity contribution in [1.29, 1.82) is 0 Å². The summed E-state index contributed by atoms with van der Waals surface area (Å²) >= 11 is 0. The number of carboxylic acid groups (broad SMARTS) is 1. The average Bonchev–Trinajstić information content (AvgIpc) is 3.40. The van der Waals surface area contributed by atoms with Crippen molar-refractivity contribution in [2.75, 3.05) is 31.5 Å². The van der Waals surface area contributed by atoms with Crippen molar-refractivity contribution in [1.82, 2.24) is 19.5 Å².